The summed E-state index contributed by atoms with van der Waals surface area (Å²) in [4.78, 5) is 14.5. The summed E-state index contributed by atoms with van der Waals surface area (Å²) in [6.07, 6.45) is 0.251. The molecule has 0 heterocycles. The number of rotatable bonds is 7. The molecule has 1 amide bonds. The first-order chi connectivity index (χ1) is 13.5. The number of amides is 1. The van der Waals surface area contributed by atoms with Crippen LogP contribution in [0, 0.1) is 0 Å². The summed E-state index contributed by atoms with van der Waals surface area (Å²) >= 11 is 0. The number of fused-ring (bicyclic) bond motifs is 1. The van der Waals surface area contributed by atoms with Crippen LogP contribution in [0.15, 0.2) is 54.6 Å². The quantitative estimate of drug-likeness (QED) is 0.621. The Morgan fingerprint density at radius 1 is 0.821 bits per heavy atom. The molecule has 3 aromatic carbocycles. The first-order valence-corrected chi connectivity index (χ1v) is 9.06. The normalized spacial score (nSPS) is 10.6. The predicted octanol–water partition coefficient (Wildman–Crippen LogP) is 4.07. The van der Waals surface area contributed by atoms with Crippen molar-refractivity contribution in [1.82, 2.24) is 4.90 Å². The van der Waals surface area contributed by atoms with Gasteiger partial charge in [-0.3, -0.25) is 4.79 Å². The van der Waals surface area contributed by atoms with Crippen molar-refractivity contribution < 1.29 is 19.0 Å². The highest BCUT2D eigenvalue weighted by Crippen LogP contribution is 2.38. The number of hydrogen-bond donors (Lipinski definition) is 0. The van der Waals surface area contributed by atoms with Crippen LogP contribution in [0.25, 0.3) is 10.8 Å². The summed E-state index contributed by atoms with van der Waals surface area (Å²) in [7, 11) is 6.50. The van der Waals surface area contributed by atoms with E-state index >= 15 is 0 Å². The van der Waals surface area contributed by atoms with E-state index in [1.54, 1.807) is 26.2 Å². The number of nitrogens with zero attached hydrogens (tertiary/aromatic N) is 1. The zero-order valence-electron chi connectivity index (χ0n) is 16.7. The molecule has 0 aromatic heterocycles. The molecule has 0 fully saturated rings. The second-order valence-electron chi connectivity index (χ2n) is 6.64. The Labute approximate surface area is 165 Å². The van der Waals surface area contributed by atoms with Crippen LogP contribution < -0.4 is 14.2 Å². The topological polar surface area (TPSA) is 48.0 Å². The fourth-order valence-corrected chi connectivity index (χ4v) is 3.25. The summed E-state index contributed by atoms with van der Waals surface area (Å²) in [6.45, 7) is 0.550. The van der Waals surface area contributed by atoms with Gasteiger partial charge in [-0.05, 0) is 40.1 Å². The van der Waals surface area contributed by atoms with E-state index in [0.717, 1.165) is 11.1 Å². The Bertz CT molecular complexity index is 958. The van der Waals surface area contributed by atoms with E-state index in [2.05, 4.69) is 30.3 Å². The molecule has 28 heavy (non-hydrogen) atoms. The number of methoxy groups -OCH3 is 3. The van der Waals surface area contributed by atoms with Crippen molar-refractivity contribution in [2.75, 3.05) is 28.4 Å². The minimum atomic E-state index is 0.0161. The van der Waals surface area contributed by atoms with Crippen LogP contribution in [-0.2, 0) is 17.8 Å². The van der Waals surface area contributed by atoms with Gasteiger partial charge in [0.05, 0.1) is 27.8 Å². The Morgan fingerprint density at radius 3 is 2.07 bits per heavy atom. The molecule has 0 aliphatic rings. The zero-order chi connectivity index (χ0) is 20.1. The van der Waals surface area contributed by atoms with Crippen LogP contribution in [-0.4, -0.2) is 39.2 Å². The third-order valence-electron chi connectivity index (χ3n) is 4.74. The Hall–Kier alpha value is -3.21. The molecular formula is C23H25NO4. The van der Waals surface area contributed by atoms with Crippen LogP contribution in [0.1, 0.15) is 11.1 Å². The van der Waals surface area contributed by atoms with Crippen LogP contribution in [0.3, 0.4) is 0 Å². The molecule has 3 aromatic rings. The van der Waals surface area contributed by atoms with Gasteiger partial charge in [-0.25, -0.2) is 0 Å². The van der Waals surface area contributed by atoms with Gasteiger partial charge in [0.2, 0.25) is 11.7 Å². The molecule has 5 nitrogen and oxygen atoms in total. The summed E-state index contributed by atoms with van der Waals surface area (Å²) in [5.74, 6) is 1.62. The van der Waals surface area contributed by atoms with Gasteiger partial charge < -0.3 is 19.1 Å². The average Bonchev–Trinajstić information content (AvgIpc) is 2.72. The molecule has 146 valence electrons. The minimum absolute atomic E-state index is 0.0161. The molecule has 0 spiro atoms. The Kier molecular flexibility index (Phi) is 6.04. The highest BCUT2D eigenvalue weighted by molar-refractivity contribution is 5.83. The molecule has 0 bridgehead atoms. The van der Waals surface area contributed by atoms with Gasteiger partial charge in [-0.2, -0.15) is 0 Å². The molecular weight excluding hydrogens is 354 g/mol. The maximum absolute atomic E-state index is 12.7. The van der Waals surface area contributed by atoms with Crippen LogP contribution in [0.4, 0.5) is 0 Å². The molecule has 0 aliphatic heterocycles. The summed E-state index contributed by atoms with van der Waals surface area (Å²) < 4.78 is 16.1. The fourth-order valence-electron chi connectivity index (χ4n) is 3.25. The smallest absolute Gasteiger partial charge is 0.227 e. The molecule has 0 N–H and O–H groups in total. The number of carbonyl (C=O) groups is 1. The number of carbonyl (C=O) groups excluding carboxylic acids is 1. The van der Waals surface area contributed by atoms with Crippen LogP contribution in [0.5, 0.6) is 17.2 Å². The summed E-state index contributed by atoms with van der Waals surface area (Å²) in [5.41, 5.74) is 1.91. The van der Waals surface area contributed by atoms with Gasteiger partial charge in [0.25, 0.3) is 0 Å². The van der Waals surface area contributed by atoms with Gasteiger partial charge >= 0.3 is 0 Å². The van der Waals surface area contributed by atoms with Crippen LogP contribution in [0.2, 0.25) is 0 Å². The second-order valence-corrected chi connectivity index (χ2v) is 6.64. The van der Waals surface area contributed by atoms with E-state index in [-0.39, 0.29) is 12.3 Å². The highest BCUT2D eigenvalue weighted by Gasteiger charge is 2.16. The zero-order valence-corrected chi connectivity index (χ0v) is 16.7. The van der Waals surface area contributed by atoms with Crippen molar-refractivity contribution in [3.63, 3.8) is 0 Å². The van der Waals surface area contributed by atoms with Gasteiger partial charge in [0.15, 0.2) is 11.5 Å². The predicted molar refractivity (Wildman–Crippen MR) is 110 cm³/mol. The summed E-state index contributed by atoms with van der Waals surface area (Å²) in [5, 5.41) is 2.36. The molecule has 5 heteroatoms. The first-order valence-electron chi connectivity index (χ1n) is 9.06. The Balaban J connectivity index is 1.74. The molecule has 0 radical (unpaired) electrons. The fraction of sp³-hybridized carbons (Fsp3) is 0.261. The maximum atomic E-state index is 12.7. The third kappa shape index (κ3) is 4.19. The monoisotopic (exact) mass is 379 g/mol. The lowest BCUT2D eigenvalue weighted by molar-refractivity contribution is -0.129. The SMILES string of the molecule is COc1cc(CC(=O)N(C)Cc2ccc3ccccc3c2)cc(OC)c1OC. The lowest BCUT2D eigenvalue weighted by atomic mass is 10.1. The van der Waals surface area contributed by atoms with Gasteiger partial charge in [-0.1, -0.05) is 36.4 Å². The molecule has 0 saturated heterocycles. The average molecular weight is 379 g/mol. The van der Waals surface area contributed by atoms with Crippen molar-refractivity contribution in [2.45, 2.75) is 13.0 Å². The highest BCUT2D eigenvalue weighted by atomic mass is 16.5. The van der Waals surface area contributed by atoms with Crippen molar-refractivity contribution >= 4 is 16.7 Å². The van der Waals surface area contributed by atoms with E-state index in [1.165, 1.54) is 10.8 Å². The molecule has 3 rings (SSSR count). The second kappa shape index (κ2) is 8.65. The standard InChI is InChI=1S/C23H25NO4/c1-24(15-16-9-10-18-7-5-6-8-19(18)11-16)22(25)14-17-12-20(26-2)23(28-4)21(13-17)27-3/h5-13H,14-15H2,1-4H3. The van der Waals surface area contributed by atoms with E-state index in [1.807, 2.05) is 31.3 Å². The van der Waals surface area contributed by atoms with E-state index in [4.69, 9.17) is 14.2 Å². The maximum Gasteiger partial charge on any atom is 0.227 e. The van der Waals surface area contributed by atoms with Gasteiger partial charge in [0.1, 0.15) is 0 Å². The first kappa shape index (κ1) is 19.5. The largest absolute Gasteiger partial charge is 0.493 e. The van der Waals surface area contributed by atoms with E-state index < -0.39 is 0 Å². The van der Waals surface area contributed by atoms with E-state index in [0.29, 0.717) is 23.8 Å². The number of benzene rings is 3. The third-order valence-corrected chi connectivity index (χ3v) is 4.74. The molecule has 0 atom stereocenters. The van der Waals surface area contributed by atoms with Gasteiger partial charge in [0, 0.05) is 13.6 Å². The van der Waals surface area contributed by atoms with Crippen molar-refractivity contribution in [3.8, 4) is 17.2 Å². The van der Waals surface area contributed by atoms with Crippen molar-refractivity contribution in [1.29, 1.82) is 0 Å². The van der Waals surface area contributed by atoms with Gasteiger partial charge in [-0.15, -0.1) is 0 Å². The van der Waals surface area contributed by atoms with E-state index in [9.17, 15) is 4.79 Å². The summed E-state index contributed by atoms with van der Waals surface area (Å²) in [6, 6.07) is 18.1. The van der Waals surface area contributed by atoms with Crippen molar-refractivity contribution in [3.05, 3.63) is 65.7 Å². The lowest BCUT2D eigenvalue weighted by Crippen LogP contribution is -2.27. The minimum Gasteiger partial charge on any atom is -0.493 e. The molecule has 0 unspecified atom stereocenters. The number of ether oxygens (including phenoxy) is 3. The number of likely N-dealkylation sites (N-methyl/N-ethyl adjacent to an activating group) is 1. The molecule has 0 aliphatic carbocycles. The Morgan fingerprint density at radius 2 is 1.46 bits per heavy atom. The van der Waals surface area contributed by atoms with Crippen molar-refractivity contribution in [2.24, 2.45) is 0 Å². The number of hydrogen-bond acceptors (Lipinski definition) is 4. The molecule has 0 saturated carbocycles. The lowest BCUT2D eigenvalue weighted by Gasteiger charge is -2.19. The van der Waals surface area contributed by atoms with Crippen LogP contribution >= 0.6 is 0 Å².